The van der Waals surface area contributed by atoms with E-state index in [0.717, 1.165) is 50.0 Å². The smallest absolute Gasteiger partial charge is 0.233 e. The van der Waals surface area contributed by atoms with Crippen LogP contribution in [0.2, 0.25) is 0 Å². The van der Waals surface area contributed by atoms with Crippen molar-refractivity contribution in [2.45, 2.75) is 56.5 Å². The lowest BCUT2D eigenvalue weighted by Crippen LogP contribution is -2.50. The summed E-state index contributed by atoms with van der Waals surface area (Å²) in [7, 11) is 1.65. The first-order valence-electron chi connectivity index (χ1n) is 10.4. The van der Waals surface area contributed by atoms with Crippen molar-refractivity contribution in [3.63, 3.8) is 0 Å². The fourth-order valence-electron chi connectivity index (χ4n) is 4.89. The molecule has 1 aliphatic carbocycles. The van der Waals surface area contributed by atoms with E-state index in [1.54, 1.807) is 14.0 Å². The van der Waals surface area contributed by atoms with Crippen molar-refractivity contribution in [3.8, 4) is 5.75 Å². The van der Waals surface area contributed by atoms with Gasteiger partial charge in [-0.3, -0.25) is 9.59 Å². The highest BCUT2D eigenvalue weighted by Gasteiger charge is 2.54. The molecule has 0 aromatic heterocycles. The van der Waals surface area contributed by atoms with Crippen LogP contribution in [0.4, 0.5) is 0 Å². The number of ether oxygens (including phenoxy) is 2. The zero-order chi connectivity index (χ0) is 19.7. The molecule has 0 spiro atoms. The minimum Gasteiger partial charge on any atom is -0.497 e. The van der Waals surface area contributed by atoms with Crippen molar-refractivity contribution in [3.05, 3.63) is 29.8 Å². The third-order valence-electron chi connectivity index (χ3n) is 6.59. The first-order valence-corrected chi connectivity index (χ1v) is 10.4. The molecule has 1 aromatic carbocycles. The van der Waals surface area contributed by atoms with Gasteiger partial charge in [-0.05, 0) is 49.8 Å². The van der Waals surface area contributed by atoms with Crippen molar-refractivity contribution in [2.75, 3.05) is 33.4 Å². The summed E-state index contributed by atoms with van der Waals surface area (Å²) in [5.74, 6) is 1.14. The fourth-order valence-corrected chi connectivity index (χ4v) is 4.89. The van der Waals surface area contributed by atoms with Crippen molar-refractivity contribution < 1.29 is 19.1 Å². The Hall–Kier alpha value is -2.08. The molecular weight excluding hydrogens is 356 g/mol. The molecule has 6 heteroatoms. The minimum absolute atomic E-state index is 0.113. The van der Waals surface area contributed by atoms with Gasteiger partial charge in [-0.15, -0.1) is 0 Å². The highest BCUT2D eigenvalue weighted by Crippen LogP contribution is 2.50. The third kappa shape index (κ3) is 3.50. The highest BCUT2D eigenvalue weighted by atomic mass is 16.5. The molecule has 3 fully saturated rings. The molecule has 1 unspecified atom stereocenters. The van der Waals surface area contributed by atoms with Crippen LogP contribution in [0.3, 0.4) is 0 Å². The molecule has 1 atom stereocenters. The van der Waals surface area contributed by atoms with E-state index in [-0.39, 0.29) is 29.3 Å². The molecule has 6 nitrogen and oxygen atoms in total. The van der Waals surface area contributed by atoms with E-state index < -0.39 is 0 Å². The molecule has 2 amide bonds. The molecule has 3 aliphatic rings. The summed E-state index contributed by atoms with van der Waals surface area (Å²) in [6.07, 6.45) is 4.44. The van der Waals surface area contributed by atoms with Gasteiger partial charge in [0.15, 0.2) is 0 Å². The van der Waals surface area contributed by atoms with E-state index >= 15 is 0 Å². The van der Waals surface area contributed by atoms with Crippen LogP contribution >= 0.6 is 0 Å². The predicted molar refractivity (Wildman–Crippen MR) is 105 cm³/mol. The SMILES string of the molecule is COc1ccc(C2(C(=O)N3CCC(N(C(C)=O)C4CCOCC4)C3)CC2)cc1. The highest BCUT2D eigenvalue weighted by molar-refractivity contribution is 5.91. The molecule has 2 heterocycles. The Morgan fingerprint density at radius 3 is 2.36 bits per heavy atom. The Kier molecular flexibility index (Phi) is 5.32. The summed E-state index contributed by atoms with van der Waals surface area (Å²) < 4.78 is 10.7. The van der Waals surface area contributed by atoms with Crippen LogP contribution in [0.1, 0.15) is 44.6 Å². The van der Waals surface area contributed by atoms with Crippen LogP contribution in [-0.2, 0) is 19.7 Å². The van der Waals surface area contributed by atoms with E-state index in [0.29, 0.717) is 19.8 Å². The maximum absolute atomic E-state index is 13.4. The lowest BCUT2D eigenvalue weighted by atomic mass is 9.94. The molecule has 2 aliphatic heterocycles. The van der Waals surface area contributed by atoms with Gasteiger partial charge in [-0.2, -0.15) is 0 Å². The van der Waals surface area contributed by atoms with Crippen molar-refractivity contribution in [1.29, 1.82) is 0 Å². The average Bonchev–Trinajstić information content (AvgIpc) is 3.40. The average molecular weight is 386 g/mol. The lowest BCUT2D eigenvalue weighted by Gasteiger charge is -2.38. The number of hydrogen-bond donors (Lipinski definition) is 0. The van der Waals surface area contributed by atoms with E-state index in [1.165, 1.54) is 0 Å². The molecule has 0 bridgehead atoms. The van der Waals surface area contributed by atoms with Crippen molar-refractivity contribution in [1.82, 2.24) is 9.80 Å². The second-order valence-corrected chi connectivity index (χ2v) is 8.27. The molecule has 0 radical (unpaired) electrons. The van der Waals surface area contributed by atoms with E-state index in [1.807, 2.05) is 34.1 Å². The molecule has 2 saturated heterocycles. The standard InChI is InChI=1S/C22H30N2O4/c1-16(25)24(18-8-13-28-14-9-18)19-7-12-23(15-19)21(26)22(10-11-22)17-3-5-20(27-2)6-4-17/h3-6,18-19H,7-15H2,1-2H3. The summed E-state index contributed by atoms with van der Waals surface area (Å²) in [5, 5.41) is 0. The van der Waals surface area contributed by atoms with Crippen LogP contribution in [0.15, 0.2) is 24.3 Å². The summed E-state index contributed by atoms with van der Waals surface area (Å²) in [4.78, 5) is 29.8. The third-order valence-corrected chi connectivity index (χ3v) is 6.59. The lowest BCUT2D eigenvalue weighted by molar-refractivity contribution is -0.138. The van der Waals surface area contributed by atoms with Crippen LogP contribution in [0, 0.1) is 0 Å². The molecule has 0 N–H and O–H groups in total. The molecule has 152 valence electrons. The van der Waals surface area contributed by atoms with Crippen LogP contribution in [-0.4, -0.2) is 67.1 Å². The number of methoxy groups -OCH3 is 1. The molecule has 1 aromatic rings. The second-order valence-electron chi connectivity index (χ2n) is 8.27. The van der Waals surface area contributed by atoms with Gasteiger partial charge in [0.25, 0.3) is 0 Å². The number of amides is 2. The summed E-state index contributed by atoms with van der Waals surface area (Å²) >= 11 is 0. The van der Waals surface area contributed by atoms with E-state index in [4.69, 9.17) is 9.47 Å². The maximum Gasteiger partial charge on any atom is 0.233 e. The Labute approximate surface area is 166 Å². The van der Waals surface area contributed by atoms with Gasteiger partial charge in [0, 0.05) is 39.3 Å². The largest absolute Gasteiger partial charge is 0.497 e. The predicted octanol–water partition coefficient (Wildman–Crippen LogP) is 2.36. The molecule has 1 saturated carbocycles. The van der Waals surface area contributed by atoms with Gasteiger partial charge >= 0.3 is 0 Å². The van der Waals surface area contributed by atoms with Crippen LogP contribution in [0.25, 0.3) is 0 Å². The van der Waals surface area contributed by atoms with Crippen LogP contribution < -0.4 is 4.74 Å². The first kappa shape index (κ1) is 19.2. The van der Waals surface area contributed by atoms with Gasteiger partial charge in [-0.1, -0.05) is 12.1 Å². The number of nitrogens with zero attached hydrogens (tertiary/aromatic N) is 2. The fraction of sp³-hybridized carbons (Fsp3) is 0.636. The molecule has 4 rings (SSSR count). The minimum atomic E-state index is -0.374. The van der Waals surface area contributed by atoms with Gasteiger partial charge in [0.05, 0.1) is 18.6 Å². The van der Waals surface area contributed by atoms with E-state index in [9.17, 15) is 9.59 Å². The topological polar surface area (TPSA) is 59.1 Å². The zero-order valence-electron chi connectivity index (χ0n) is 16.9. The number of carbonyl (C=O) groups is 2. The number of carbonyl (C=O) groups excluding carboxylic acids is 2. The van der Waals surface area contributed by atoms with Gasteiger partial charge in [0.1, 0.15) is 5.75 Å². The Bertz CT molecular complexity index is 723. The number of likely N-dealkylation sites (tertiary alicyclic amines) is 1. The number of benzene rings is 1. The van der Waals surface area contributed by atoms with Gasteiger partial charge in [0.2, 0.25) is 11.8 Å². The molecule has 28 heavy (non-hydrogen) atoms. The second kappa shape index (κ2) is 7.74. The number of hydrogen-bond acceptors (Lipinski definition) is 4. The van der Waals surface area contributed by atoms with E-state index in [2.05, 4.69) is 0 Å². The summed E-state index contributed by atoms with van der Waals surface area (Å²) in [5.41, 5.74) is 0.704. The Morgan fingerprint density at radius 1 is 1.11 bits per heavy atom. The van der Waals surface area contributed by atoms with Crippen LogP contribution in [0.5, 0.6) is 5.75 Å². The Morgan fingerprint density at radius 2 is 1.79 bits per heavy atom. The first-order chi connectivity index (χ1) is 13.5. The number of rotatable bonds is 5. The zero-order valence-corrected chi connectivity index (χ0v) is 16.9. The summed E-state index contributed by atoms with van der Waals surface area (Å²) in [6, 6.07) is 8.25. The van der Waals surface area contributed by atoms with Crippen molar-refractivity contribution >= 4 is 11.8 Å². The summed E-state index contributed by atoms with van der Waals surface area (Å²) in [6.45, 7) is 4.45. The normalized spacial score (nSPS) is 24.1. The quantitative estimate of drug-likeness (QED) is 0.780. The van der Waals surface area contributed by atoms with Gasteiger partial charge < -0.3 is 19.3 Å². The Balaban J connectivity index is 1.45. The monoisotopic (exact) mass is 386 g/mol. The maximum atomic E-state index is 13.4. The van der Waals surface area contributed by atoms with Gasteiger partial charge in [-0.25, -0.2) is 0 Å². The molecular formula is C22H30N2O4. The van der Waals surface area contributed by atoms with Crippen molar-refractivity contribution in [2.24, 2.45) is 0 Å².